The topological polar surface area (TPSA) is 62.2 Å². The molecule has 1 fully saturated rings. The highest BCUT2D eigenvalue weighted by atomic mass is 32.2. The molecule has 0 amide bonds. The van der Waals surface area contributed by atoms with Gasteiger partial charge in [0.25, 0.3) is 0 Å². The lowest BCUT2D eigenvalue weighted by atomic mass is 10.2. The third-order valence-corrected chi connectivity index (χ3v) is 6.09. The molecule has 0 bridgehead atoms. The number of fused-ring (bicyclic) bond motifs is 1. The molecule has 0 N–H and O–H groups in total. The van der Waals surface area contributed by atoms with Crippen molar-refractivity contribution in [2.24, 2.45) is 0 Å². The molecule has 130 valence electrons. The standard InChI is InChI=1S/C17H19N5OS2/c1-25(23)14-9-18-17(19-10-14)22-6-4-21(5-7-22)11-13-2-3-16-15(8-13)20-12-24-16/h2-3,8-10,12H,4-7,11H2,1H3. The van der Waals surface area contributed by atoms with Crippen LogP contribution in [-0.2, 0) is 17.3 Å². The Bertz CT molecular complexity index is 887. The van der Waals surface area contributed by atoms with Crippen molar-refractivity contribution in [3.05, 3.63) is 41.7 Å². The van der Waals surface area contributed by atoms with Crippen LogP contribution in [0.5, 0.6) is 0 Å². The van der Waals surface area contributed by atoms with E-state index >= 15 is 0 Å². The summed E-state index contributed by atoms with van der Waals surface area (Å²) < 4.78 is 12.7. The van der Waals surface area contributed by atoms with Gasteiger partial charge in [0.2, 0.25) is 5.95 Å². The average Bonchev–Trinajstić information content (AvgIpc) is 3.10. The molecule has 0 aliphatic carbocycles. The summed E-state index contributed by atoms with van der Waals surface area (Å²) in [6, 6.07) is 6.54. The number of nitrogens with zero attached hydrogens (tertiary/aromatic N) is 5. The second-order valence-corrected chi connectivity index (χ2v) is 8.36. The zero-order valence-corrected chi connectivity index (χ0v) is 15.6. The van der Waals surface area contributed by atoms with E-state index in [4.69, 9.17) is 0 Å². The average molecular weight is 374 g/mol. The Morgan fingerprint density at radius 2 is 1.88 bits per heavy atom. The first kappa shape index (κ1) is 16.6. The largest absolute Gasteiger partial charge is 0.338 e. The van der Waals surface area contributed by atoms with E-state index in [-0.39, 0.29) is 0 Å². The lowest BCUT2D eigenvalue weighted by Crippen LogP contribution is -2.46. The predicted octanol–water partition coefficient (Wildman–Crippen LogP) is 2.15. The summed E-state index contributed by atoms with van der Waals surface area (Å²) in [5.74, 6) is 0.720. The van der Waals surface area contributed by atoms with Crippen LogP contribution in [0.3, 0.4) is 0 Å². The number of thiazole rings is 1. The van der Waals surface area contributed by atoms with Gasteiger partial charge >= 0.3 is 0 Å². The minimum atomic E-state index is -1.03. The van der Waals surface area contributed by atoms with Crippen molar-refractivity contribution >= 4 is 38.3 Å². The van der Waals surface area contributed by atoms with Gasteiger partial charge in [0.05, 0.1) is 31.4 Å². The second-order valence-electron chi connectivity index (χ2n) is 6.09. The van der Waals surface area contributed by atoms with Crippen molar-refractivity contribution in [3.8, 4) is 0 Å². The normalized spacial score (nSPS) is 17.1. The number of benzene rings is 1. The van der Waals surface area contributed by atoms with E-state index in [1.165, 1.54) is 10.3 Å². The molecular formula is C17H19N5OS2. The third-order valence-electron chi connectivity index (χ3n) is 4.40. The quantitative estimate of drug-likeness (QED) is 0.698. The fourth-order valence-electron chi connectivity index (χ4n) is 2.99. The lowest BCUT2D eigenvalue weighted by Gasteiger charge is -2.34. The summed E-state index contributed by atoms with van der Waals surface area (Å²) in [5, 5.41) is 0. The van der Waals surface area contributed by atoms with Gasteiger partial charge in [0, 0.05) is 51.4 Å². The summed E-state index contributed by atoms with van der Waals surface area (Å²) in [5.41, 5.74) is 4.29. The smallest absolute Gasteiger partial charge is 0.225 e. The van der Waals surface area contributed by atoms with Crippen LogP contribution < -0.4 is 4.90 Å². The van der Waals surface area contributed by atoms with Crippen molar-refractivity contribution < 1.29 is 4.21 Å². The zero-order valence-electron chi connectivity index (χ0n) is 14.0. The van der Waals surface area contributed by atoms with Gasteiger partial charge in [-0.25, -0.2) is 15.0 Å². The molecule has 4 rings (SSSR count). The molecule has 1 aliphatic heterocycles. The number of aromatic nitrogens is 3. The highest BCUT2D eigenvalue weighted by molar-refractivity contribution is 7.84. The Balaban J connectivity index is 1.36. The Hall–Kier alpha value is -1.90. The molecule has 3 heterocycles. The fourth-order valence-corrected chi connectivity index (χ4v) is 4.05. The maximum Gasteiger partial charge on any atom is 0.225 e. The summed E-state index contributed by atoms with van der Waals surface area (Å²) in [4.78, 5) is 18.4. The van der Waals surface area contributed by atoms with Gasteiger partial charge in [-0.2, -0.15) is 0 Å². The van der Waals surface area contributed by atoms with Crippen molar-refractivity contribution in [2.75, 3.05) is 37.3 Å². The summed E-state index contributed by atoms with van der Waals surface area (Å²) in [6.45, 7) is 4.68. The van der Waals surface area contributed by atoms with Crippen LogP contribution in [0.25, 0.3) is 10.2 Å². The SMILES string of the molecule is CS(=O)c1cnc(N2CCN(Cc3ccc4scnc4c3)CC2)nc1. The minimum absolute atomic E-state index is 0.666. The minimum Gasteiger partial charge on any atom is -0.338 e. The Morgan fingerprint density at radius 3 is 2.60 bits per heavy atom. The van der Waals surface area contributed by atoms with Crippen LogP contribution in [0.15, 0.2) is 41.0 Å². The fraction of sp³-hybridized carbons (Fsp3) is 0.353. The van der Waals surface area contributed by atoms with Gasteiger partial charge in [-0.05, 0) is 17.7 Å². The molecular weight excluding hydrogens is 354 g/mol. The van der Waals surface area contributed by atoms with Crippen LogP contribution in [0.1, 0.15) is 5.56 Å². The van der Waals surface area contributed by atoms with Crippen LogP contribution >= 0.6 is 11.3 Å². The first-order valence-electron chi connectivity index (χ1n) is 8.14. The first-order valence-corrected chi connectivity index (χ1v) is 10.6. The van der Waals surface area contributed by atoms with Crippen molar-refractivity contribution in [2.45, 2.75) is 11.4 Å². The number of hydrogen-bond acceptors (Lipinski definition) is 7. The molecule has 8 heteroatoms. The maximum atomic E-state index is 11.4. The molecule has 1 unspecified atom stereocenters. The van der Waals surface area contributed by atoms with E-state index in [1.54, 1.807) is 30.0 Å². The van der Waals surface area contributed by atoms with Gasteiger partial charge in [0.15, 0.2) is 0 Å². The van der Waals surface area contributed by atoms with Crippen LogP contribution in [0.2, 0.25) is 0 Å². The van der Waals surface area contributed by atoms with E-state index in [2.05, 4.69) is 43.0 Å². The maximum absolute atomic E-state index is 11.4. The molecule has 6 nitrogen and oxygen atoms in total. The molecule has 0 radical (unpaired) electrons. The molecule has 1 atom stereocenters. The summed E-state index contributed by atoms with van der Waals surface area (Å²) in [7, 11) is -1.03. The molecule has 2 aromatic heterocycles. The molecule has 1 aliphatic rings. The van der Waals surface area contributed by atoms with E-state index in [9.17, 15) is 4.21 Å². The van der Waals surface area contributed by atoms with Gasteiger partial charge < -0.3 is 4.90 Å². The number of anilines is 1. The third kappa shape index (κ3) is 3.70. The Morgan fingerprint density at radius 1 is 1.12 bits per heavy atom. The molecule has 1 aromatic carbocycles. The monoisotopic (exact) mass is 373 g/mol. The molecule has 0 spiro atoms. The first-order chi connectivity index (χ1) is 12.2. The van der Waals surface area contributed by atoms with Crippen molar-refractivity contribution in [1.82, 2.24) is 19.9 Å². The van der Waals surface area contributed by atoms with Crippen LogP contribution in [-0.4, -0.2) is 56.5 Å². The molecule has 0 saturated carbocycles. The van der Waals surface area contributed by atoms with Crippen molar-refractivity contribution in [3.63, 3.8) is 0 Å². The highest BCUT2D eigenvalue weighted by Gasteiger charge is 2.19. The molecule has 3 aromatic rings. The lowest BCUT2D eigenvalue weighted by molar-refractivity contribution is 0.249. The van der Waals surface area contributed by atoms with Crippen LogP contribution in [0.4, 0.5) is 5.95 Å². The highest BCUT2D eigenvalue weighted by Crippen LogP contribution is 2.20. The number of piperazine rings is 1. The zero-order chi connectivity index (χ0) is 17.2. The Labute approximate surface area is 153 Å². The van der Waals surface area contributed by atoms with Crippen LogP contribution in [0, 0.1) is 0 Å². The molecule has 1 saturated heterocycles. The summed E-state index contributed by atoms with van der Waals surface area (Å²) >= 11 is 1.68. The van der Waals surface area contributed by atoms with E-state index in [1.807, 2.05) is 5.51 Å². The van der Waals surface area contributed by atoms with Gasteiger partial charge in [-0.3, -0.25) is 9.11 Å². The van der Waals surface area contributed by atoms with Gasteiger partial charge in [0.1, 0.15) is 0 Å². The van der Waals surface area contributed by atoms with Crippen molar-refractivity contribution in [1.29, 1.82) is 0 Å². The van der Waals surface area contributed by atoms with Gasteiger partial charge in [-0.15, -0.1) is 11.3 Å². The number of rotatable bonds is 4. The van der Waals surface area contributed by atoms with E-state index in [0.717, 1.165) is 44.2 Å². The molecule has 25 heavy (non-hydrogen) atoms. The number of hydrogen-bond donors (Lipinski definition) is 0. The van der Waals surface area contributed by atoms with Gasteiger partial charge in [-0.1, -0.05) is 6.07 Å². The summed E-state index contributed by atoms with van der Waals surface area (Å²) in [6.07, 6.45) is 4.96. The second kappa shape index (κ2) is 7.15. The Kier molecular flexibility index (Phi) is 4.74. The predicted molar refractivity (Wildman–Crippen MR) is 101 cm³/mol. The van der Waals surface area contributed by atoms with E-state index < -0.39 is 10.8 Å². The van der Waals surface area contributed by atoms with E-state index in [0.29, 0.717) is 4.90 Å².